The molecule has 1 fully saturated rings. The number of primary amides is 1. The van der Waals surface area contributed by atoms with Crippen LogP contribution in [0.4, 0.5) is 5.82 Å². The zero-order chi connectivity index (χ0) is 13.1. The molecule has 1 aromatic rings. The molecule has 1 aliphatic heterocycles. The molecule has 2 rings (SSSR count). The fraction of sp³-hybridized carbons (Fsp3) is 0.538. The first-order valence-electron chi connectivity index (χ1n) is 6.34. The second-order valence-electron chi connectivity index (χ2n) is 4.86. The van der Waals surface area contributed by atoms with Crippen LogP contribution >= 0.6 is 0 Å². The van der Waals surface area contributed by atoms with E-state index in [2.05, 4.69) is 28.6 Å². The van der Waals surface area contributed by atoms with E-state index in [1.807, 2.05) is 12.1 Å². The minimum atomic E-state index is -0.474. The number of hydrogen-bond donors (Lipinski definition) is 1. The Morgan fingerprint density at radius 2 is 1.94 bits per heavy atom. The number of amides is 1. The monoisotopic (exact) mass is 248 g/mol. The molecule has 1 aliphatic rings. The Hall–Kier alpha value is -1.62. The Morgan fingerprint density at radius 1 is 1.28 bits per heavy atom. The van der Waals surface area contributed by atoms with Crippen LogP contribution in [0.3, 0.4) is 0 Å². The normalized spacial score (nSPS) is 17.2. The Labute approximate surface area is 108 Å². The van der Waals surface area contributed by atoms with Gasteiger partial charge in [0.15, 0.2) is 0 Å². The average Bonchev–Trinajstić information content (AvgIpc) is 2.39. The number of hydrogen-bond acceptors (Lipinski definition) is 4. The quantitative estimate of drug-likeness (QED) is 0.855. The molecule has 0 unspecified atom stereocenters. The average molecular weight is 248 g/mol. The molecule has 1 saturated heterocycles. The van der Waals surface area contributed by atoms with Crippen LogP contribution in [0.2, 0.25) is 0 Å². The van der Waals surface area contributed by atoms with Crippen LogP contribution < -0.4 is 10.6 Å². The van der Waals surface area contributed by atoms with Crippen molar-refractivity contribution < 1.29 is 4.79 Å². The highest BCUT2D eigenvalue weighted by Gasteiger charge is 2.20. The van der Waals surface area contributed by atoms with Crippen LogP contribution in [0.15, 0.2) is 18.2 Å². The highest BCUT2D eigenvalue weighted by Crippen LogP contribution is 2.15. The maximum atomic E-state index is 11.1. The number of anilines is 1. The molecular formula is C13H20N4O. The standard InChI is InChI=1S/C13H20N4O/c1-10(2)16-6-8-17(9-7-16)12-5-3-4-11(15-12)13(14)18/h3-5,10H,6-9H2,1-2H3,(H2,14,18). The molecule has 0 spiro atoms. The van der Waals surface area contributed by atoms with E-state index in [4.69, 9.17) is 5.73 Å². The van der Waals surface area contributed by atoms with E-state index in [1.54, 1.807) is 6.07 Å². The van der Waals surface area contributed by atoms with Gasteiger partial charge in [-0.25, -0.2) is 4.98 Å². The van der Waals surface area contributed by atoms with E-state index in [0.29, 0.717) is 11.7 Å². The van der Waals surface area contributed by atoms with E-state index < -0.39 is 5.91 Å². The first kappa shape index (κ1) is 12.8. The summed E-state index contributed by atoms with van der Waals surface area (Å²) in [4.78, 5) is 20.0. The summed E-state index contributed by atoms with van der Waals surface area (Å²) in [6.07, 6.45) is 0. The van der Waals surface area contributed by atoms with Gasteiger partial charge < -0.3 is 10.6 Å². The smallest absolute Gasteiger partial charge is 0.267 e. The molecule has 0 atom stereocenters. The molecule has 0 aromatic carbocycles. The van der Waals surface area contributed by atoms with E-state index in [-0.39, 0.29) is 0 Å². The number of piperazine rings is 1. The highest BCUT2D eigenvalue weighted by atomic mass is 16.1. The van der Waals surface area contributed by atoms with Gasteiger partial charge in [0.25, 0.3) is 5.91 Å². The summed E-state index contributed by atoms with van der Waals surface area (Å²) in [5, 5.41) is 0. The Balaban J connectivity index is 2.05. The molecule has 18 heavy (non-hydrogen) atoms. The van der Waals surface area contributed by atoms with Gasteiger partial charge in [-0.05, 0) is 26.0 Å². The Kier molecular flexibility index (Phi) is 3.81. The maximum Gasteiger partial charge on any atom is 0.267 e. The number of carbonyl (C=O) groups excluding carboxylic acids is 1. The predicted molar refractivity (Wildman–Crippen MR) is 71.7 cm³/mol. The topological polar surface area (TPSA) is 62.5 Å². The van der Waals surface area contributed by atoms with Crippen molar-refractivity contribution in [2.75, 3.05) is 31.1 Å². The van der Waals surface area contributed by atoms with Crippen LogP contribution in [0, 0.1) is 0 Å². The van der Waals surface area contributed by atoms with Crippen molar-refractivity contribution in [3.63, 3.8) is 0 Å². The minimum absolute atomic E-state index is 0.332. The molecule has 5 heteroatoms. The van der Waals surface area contributed by atoms with Gasteiger partial charge >= 0.3 is 0 Å². The fourth-order valence-corrected chi connectivity index (χ4v) is 2.20. The highest BCUT2D eigenvalue weighted by molar-refractivity contribution is 5.91. The number of rotatable bonds is 3. The van der Waals surface area contributed by atoms with Crippen molar-refractivity contribution in [1.82, 2.24) is 9.88 Å². The van der Waals surface area contributed by atoms with Crippen LogP contribution in [-0.2, 0) is 0 Å². The number of carbonyl (C=O) groups is 1. The summed E-state index contributed by atoms with van der Waals surface area (Å²) < 4.78 is 0. The third-order valence-electron chi connectivity index (χ3n) is 3.36. The lowest BCUT2D eigenvalue weighted by atomic mass is 10.2. The molecule has 0 radical (unpaired) electrons. The molecule has 0 bridgehead atoms. The predicted octanol–water partition coefficient (Wildman–Crippen LogP) is 0.711. The number of nitrogens with two attached hydrogens (primary N) is 1. The number of nitrogens with zero attached hydrogens (tertiary/aromatic N) is 3. The lowest BCUT2D eigenvalue weighted by Crippen LogP contribution is -2.49. The number of aromatic nitrogens is 1. The number of pyridine rings is 1. The molecule has 2 N–H and O–H groups in total. The lowest BCUT2D eigenvalue weighted by molar-refractivity contribution is 0.0995. The van der Waals surface area contributed by atoms with Gasteiger partial charge in [0.05, 0.1) is 0 Å². The second-order valence-corrected chi connectivity index (χ2v) is 4.86. The molecule has 1 aromatic heterocycles. The van der Waals surface area contributed by atoms with Crippen molar-refractivity contribution >= 4 is 11.7 Å². The molecule has 2 heterocycles. The SMILES string of the molecule is CC(C)N1CCN(c2cccc(C(N)=O)n2)CC1. The zero-order valence-electron chi connectivity index (χ0n) is 11.0. The molecule has 0 aliphatic carbocycles. The summed E-state index contributed by atoms with van der Waals surface area (Å²) in [7, 11) is 0. The molecule has 5 nitrogen and oxygen atoms in total. The summed E-state index contributed by atoms with van der Waals surface area (Å²) >= 11 is 0. The fourth-order valence-electron chi connectivity index (χ4n) is 2.20. The first-order valence-corrected chi connectivity index (χ1v) is 6.34. The summed E-state index contributed by atoms with van der Waals surface area (Å²) in [6, 6.07) is 5.99. The van der Waals surface area contributed by atoms with Gasteiger partial charge in [-0.15, -0.1) is 0 Å². The Morgan fingerprint density at radius 3 is 2.50 bits per heavy atom. The minimum Gasteiger partial charge on any atom is -0.364 e. The van der Waals surface area contributed by atoms with E-state index >= 15 is 0 Å². The van der Waals surface area contributed by atoms with E-state index in [1.165, 1.54) is 0 Å². The van der Waals surface area contributed by atoms with Gasteiger partial charge in [0, 0.05) is 32.2 Å². The Bertz CT molecular complexity index is 425. The zero-order valence-corrected chi connectivity index (χ0v) is 11.0. The van der Waals surface area contributed by atoms with Gasteiger partial charge in [-0.1, -0.05) is 6.07 Å². The van der Waals surface area contributed by atoms with Crippen LogP contribution in [-0.4, -0.2) is 48.0 Å². The van der Waals surface area contributed by atoms with Crippen molar-refractivity contribution in [2.45, 2.75) is 19.9 Å². The second kappa shape index (κ2) is 5.35. The lowest BCUT2D eigenvalue weighted by Gasteiger charge is -2.37. The van der Waals surface area contributed by atoms with Gasteiger partial charge in [-0.2, -0.15) is 0 Å². The van der Waals surface area contributed by atoms with Crippen molar-refractivity contribution in [3.05, 3.63) is 23.9 Å². The summed E-state index contributed by atoms with van der Waals surface area (Å²) in [5.41, 5.74) is 5.58. The molecular weight excluding hydrogens is 228 g/mol. The third kappa shape index (κ3) is 2.79. The molecule has 0 saturated carbocycles. The van der Waals surface area contributed by atoms with Crippen molar-refractivity contribution in [3.8, 4) is 0 Å². The van der Waals surface area contributed by atoms with Gasteiger partial charge in [0.2, 0.25) is 0 Å². The summed E-state index contributed by atoms with van der Waals surface area (Å²) in [6.45, 7) is 8.35. The van der Waals surface area contributed by atoms with Gasteiger partial charge in [0.1, 0.15) is 11.5 Å². The molecule has 98 valence electrons. The maximum absolute atomic E-state index is 11.1. The largest absolute Gasteiger partial charge is 0.364 e. The first-order chi connectivity index (χ1) is 8.58. The molecule has 1 amide bonds. The third-order valence-corrected chi connectivity index (χ3v) is 3.36. The van der Waals surface area contributed by atoms with Gasteiger partial charge in [-0.3, -0.25) is 9.69 Å². The summed E-state index contributed by atoms with van der Waals surface area (Å²) in [5.74, 6) is 0.368. The van der Waals surface area contributed by atoms with Crippen LogP contribution in [0.1, 0.15) is 24.3 Å². The van der Waals surface area contributed by atoms with Crippen LogP contribution in [0.5, 0.6) is 0 Å². The van der Waals surface area contributed by atoms with E-state index in [9.17, 15) is 4.79 Å². The van der Waals surface area contributed by atoms with Crippen molar-refractivity contribution in [2.24, 2.45) is 5.73 Å². The van der Waals surface area contributed by atoms with Crippen molar-refractivity contribution in [1.29, 1.82) is 0 Å². The van der Waals surface area contributed by atoms with E-state index in [0.717, 1.165) is 32.0 Å². The van der Waals surface area contributed by atoms with Crippen LogP contribution in [0.25, 0.3) is 0 Å².